The molecular weight excluding hydrogens is 272 g/mol. The number of aryl methyl sites for hydroxylation is 2. The Bertz CT molecular complexity index is 767. The molecule has 0 radical (unpaired) electrons. The summed E-state index contributed by atoms with van der Waals surface area (Å²) < 4.78 is 2.04. The Morgan fingerprint density at radius 2 is 2.09 bits per heavy atom. The van der Waals surface area contributed by atoms with Crippen molar-refractivity contribution < 1.29 is 0 Å². The maximum Gasteiger partial charge on any atom is 0.0537 e. The second kappa shape index (κ2) is 6.36. The van der Waals surface area contributed by atoms with Crippen LogP contribution < -0.4 is 5.32 Å². The molecule has 0 atom stereocenters. The van der Waals surface area contributed by atoms with Crippen molar-refractivity contribution in [2.75, 3.05) is 6.54 Å². The summed E-state index contributed by atoms with van der Waals surface area (Å²) in [4.78, 5) is 3.35. The van der Waals surface area contributed by atoms with Gasteiger partial charge in [-0.2, -0.15) is 5.10 Å². The number of hydrogen-bond donors (Lipinski definition) is 2. The zero-order chi connectivity index (χ0) is 15.5. The molecule has 2 aromatic heterocycles. The van der Waals surface area contributed by atoms with Crippen molar-refractivity contribution in [2.24, 2.45) is 0 Å². The molecule has 2 heterocycles. The average Bonchev–Trinajstić information content (AvgIpc) is 3.07. The van der Waals surface area contributed by atoms with E-state index < -0.39 is 0 Å². The van der Waals surface area contributed by atoms with Crippen LogP contribution in [0.1, 0.15) is 29.3 Å². The van der Waals surface area contributed by atoms with Gasteiger partial charge in [-0.25, -0.2) is 0 Å². The fourth-order valence-electron chi connectivity index (χ4n) is 2.92. The second-order valence-electron chi connectivity index (χ2n) is 5.86. The van der Waals surface area contributed by atoms with E-state index in [1.54, 1.807) is 0 Å². The lowest BCUT2D eigenvalue weighted by Gasteiger charge is -2.05. The molecule has 3 aromatic rings. The van der Waals surface area contributed by atoms with E-state index in [0.717, 1.165) is 26.1 Å². The minimum atomic E-state index is 0.882. The lowest BCUT2D eigenvalue weighted by Crippen LogP contribution is -2.17. The fourth-order valence-corrected chi connectivity index (χ4v) is 2.92. The van der Waals surface area contributed by atoms with Crippen LogP contribution in [0.2, 0.25) is 0 Å². The quantitative estimate of drug-likeness (QED) is 0.685. The zero-order valence-corrected chi connectivity index (χ0v) is 13.6. The zero-order valence-electron chi connectivity index (χ0n) is 13.6. The van der Waals surface area contributed by atoms with Crippen LogP contribution in [-0.4, -0.2) is 21.3 Å². The van der Waals surface area contributed by atoms with Crippen LogP contribution in [0.15, 0.2) is 30.6 Å². The highest BCUT2D eigenvalue weighted by Crippen LogP contribution is 2.19. The molecule has 0 bridgehead atoms. The number of H-pyrrole nitrogens is 1. The number of fused-ring (bicyclic) bond motifs is 1. The summed E-state index contributed by atoms with van der Waals surface area (Å²) in [6.07, 6.45) is 5.14. The molecule has 4 heteroatoms. The average molecular weight is 296 g/mol. The standard InChI is InChI=1S/C18H24N4/c1-4-22-14(3)16(12-21-22)10-19-8-7-15-11-20-18-6-5-13(2)9-17(15)18/h5-6,9,11-12,19-20H,4,7-8,10H2,1-3H3. The minimum Gasteiger partial charge on any atom is -0.361 e. The minimum absolute atomic E-state index is 0.882. The van der Waals surface area contributed by atoms with Gasteiger partial charge >= 0.3 is 0 Å². The van der Waals surface area contributed by atoms with Crippen LogP contribution >= 0.6 is 0 Å². The van der Waals surface area contributed by atoms with Crippen molar-refractivity contribution in [1.82, 2.24) is 20.1 Å². The van der Waals surface area contributed by atoms with Crippen LogP contribution in [0.3, 0.4) is 0 Å². The van der Waals surface area contributed by atoms with Crippen LogP contribution in [-0.2, 0) is 19.5 Å². The maximum absolute atomic E-state index is 4.39. The van der Waals surface area contributed by atoms with E-state index in [0.29, 0.717) is 0 Å². The van der Waals surface area contributed by atoms with Gasteiger partial charge in [0.1, 0.15) is 0 Å². The molecule has 0 spiro atoms. The third-order valence-corrected chi connectivity index (χ3v) is 4.31. The summed E-state index contributed by atoms with van der Waals surface area (Å²) in [5, 5.41) is 9.26. The topological polar surface area (TPSA) is 45.6 Å². The van der Waals surface area contributed by atoms with Crippen molar-refractivity contribution in [3.8, 4) is 0 Å². The SMILES string of the molecule is CCn1ncc(CNCCc2c[nH]c3ccc(C)cc23)c1C. The maximum atomic E-state index is 4.39. The van der Waals surface area contributed by atoms with E-state index in [2.05, 4.69) is 60.6 Å². The molecule has 0 saturated carbocycles. The molecule has 4 nitrogen and oxygen atoms in total. The van der Waals surface area contributed by atoms with Gasteiger partial charge in [-0.05, 0) is 51.4 Å². The Hall–Kier alpha value is -2.07. The highest BCUT2D eigenvalue weighted by atomic mass is 15.3. The fraction of sp³-hybridized carbons (Fsp3) is 0.389. The molecule has 116 valence electrons. The molecule has 0 unspecified atom stereocenters. The Morgan fingerprint density at radius 1 is 1.23 bits per heavy atom. The van der Waals surface area contributed by atoms with Gasteiger partial charge in [-0.3, -0.25) is 4.68 Å². The summed E-state index contributed by atoms with van der Waals surface area (Å²) in [7, 11) is 0. The van der Waals surface area contributed by atoms with Crippen molar-refractivity contribution in [3.05, 3.63) is 53.0 Å². The highest BCUT2D eigenvalue weighted by Gasteiger charge is 2.06. The molecule has 0 aliphatic heterocycles. The van der Waals surface area contributed by atoms with Gasteiger partial charge < -0.3 is 10.3 Å². The van der Waals surface area contributed by atoms with Gasteiger partial charge in [0.2, 0.25) is 0 Å². The molecule has 0 saturated heterocycles. The van der Waals surface area contributed by atoms with Crippen LogP contribution in [0.4, 0.5) is 0 Å². The third kappa shape index (κ3) is 2.92. The summed E-state index contributed by atoms with van der Waals surface area (Å²) in [5.41, 5.74) is 6.46. The first kappa shape index (κ1) is 14.9. The number of hydrogen-bond acceptors (Lipinski definition) is 2. The number of nitrogens with zero attached hydrogens (tertiary/aromatic N) is 2. The van der Waals surface area contributed by atoms with Crippen molar-refractivity contribution in [1.29, 1.82) is 0 Å². The summed E-state index contributed by atoms with van der Waals surface area (Å²) >= 11 is 0. The predicted molar refractivity (Wildman–Crippen MR) is 91.1 cm³/mol. The summed E-state index contributed by atoms with van der Waals surface area (Å²) in [6.45, 7) is 9.18. The van der Waals surface area contributed by atoms with Crippen LogP contribution in [0, 0.1) is 13.8 Å². The van der Waals surface area contributed by atoms with E-state index in [1.807, 2.05) is 10.9 Å². The Kier molecular flexibility index (Phi) is 4.29. The molecule has 0 aliphatic carbocycles. The van der Waals surface area contributed by atoms with E-state index in [9.17, 15) is 0 Å². The number of benzene rings is 1. The highest BCUT2D eigenvalue weighted by molar-refractivity contribution is 5.83. The summed E-state index contributed by atoms with van der Waals surface area (Å²) in [6, 6.07) is 6.57. The third-order valence-electron chi connectivity index (χ3n) is 4.31. The normalized spacial score (nSPS) is 11.4. The van der Waals surface area contributed by atoms with E-state index >= 15 is 0 Å². The van der Waals surface area contributed by atoms with Crippen molar-refractivity contribution >= 4 is 10.9 Å². The van der Waals surface area contributed by atoms with Gasteiger partial charge in [0.15, 0.2) is 0 Å². The molecular formula is C18H24N4. The largest absolute Gasteiger partial charge is 0.361 e. The van der Waals surface area contributed by atoms with E-state index in [-0.39, 0.29) is 0 Å². The number of aromatic nitrogens is 3. The van der Waals surface area contributed by atoms with Gasteiger partial charge in [-0.15, -0.1) is 0 Å². The molecule has 1 aromatic carbocycles. The molecule has 3 rings (SSSR count). The number of aromatic amines is 1. The van der Waals surface area contributed by atoms with E-state index in [1.165, 1.54) is 33.3 Å². The predicted octanol–water partition coefficient (Wildman–Crippen LogP) is 3.33. The lowest BCUT2D eigenvalue weighted by molar-refractivity contribution is 0.633. The van der Waals surface area contributed by atoms with Crippen LogP contribution in [0.5, 0.6) is 0 Å². The molecule has 2 N–H and O–H groups in total. The monoisotopic (exact) mass is 296 g/mol. The first-order valence-electron chi connectivity index (χ1n) is 7.97. The van der Waals surface area contributed by atoms with Gasteiger partial charge in [0.25, 0.3) is 0 Å². The van der Waals surface area contributed by atoms with Gasteiger partial charge in [0, 0.05) is 41.4 Å². The Morgan fingerprint density at radius 3 is 2.86 bits per heavy atom. The van der Waals surface area contributed by atoms with Crippen molar-refractivity contribution in [2.45, 2.75) is 40.3 Å². The molecule has 0 aliphatic rings. The Balaban J connectivity index is 1.58. The smallest absolute Gasteiger partial charge is 0.0537 e. The number of nitrogens with one attached hydrogen (secondary N) is 2. The first-order chi connectivity index (χ1) is 10.7. The summed E-state index contributed by atoms with van der Waals surface area (Å²) in [5.74, 6) is 0. The number of rotatable bonds is 6. The molecule has 22 heavy (non-hydrogen) atoms. The van der Waals surface area contributed by atoms with Gasteiger partial charge in [0.05, 0.1) is 6.20 Å². The molecule has 0 amide bonds. The second-order valence-corrected chi connectivity index (χ2v) is 5.86. The van der Waals surface area contributed by atoms with E-state index in [4.69, 9.17) is 0 Å². The van der Waals surface area contributed by atoms with Crippen LogP contribution in [0.25, 0.3) is 10.9 Å². The molecule has 0 fully saturated rings. The first-order valence-corrected chi connectivity index (χ1v) is 7.97. The van der Waals surface area contributed by atoms with Gasteiger partial charge in [-0.1, -0.05) is 11.6 Å². The van der Waals surface area contributed by atoms with Crippen molar-refractivity contribution in [3.63, 3.8) is 0 Å². The Labute approximate surface area is 131 Å². The lowest BCUT2D eigenvalue weighted by atomic mass is 10.1.